The van der Waals surface area contributed by atoms with Crippen molar-refractivity contribution in [3.8, 4) is 0 Å². The first-order valence-corrected chi connectivity index (χ1v) is 1.71. The quantitative estimate of drug-likeness (QED) is 0.534. The van der Waals surface area contributed by atoms with E-state index in [1.54, 1.807) is 0 Å². The minimum atomic E-state index is -3.71. The van der Waals surface area contributed by atoms with Crippen LogP contribution in [0.3, 0.4) is 0 Å². The SMILES string of the molecule is O=C(O)C(O)(F)CF. The van der Waals surface area contributed by atoms with Crippen molar-refractivity contribution >= 4 is 5.97 Å². The molecule has 5 heteroatoms. The van der Waals surface area contributed by atoms with E-state index in [9.17, 15) is 13.6 Å². The average Bonchev–Trinajstić information content (AvgIpc) is 1.67. The third-order valence-corrected chi connectivity index (χ3v) is 0.505. The number of carboxylic acid groups (broad SMARTS) is 1. The molecule has 0 fully saturated rings. The molecule has 0 saturated carbocycles. The summed E-state index contributed by atoms with van der Waals surface area (Å²) in [6.07, 6.45) is 0. The van der Waals surface area contributed by atoms with E-state index in [0.717, 1.165) is 0 Å². The normalized spacial score (nSPS) is 17.4. The fraction of sp³-hybridized carbons (Fsp3) is 0.667. The lowest BCUT2D eigenvalue weighted by molar-refractivity contribution is -0.183. The molecule has 0 aliphatic carbocycles. The molecule has 0 bridgehead atoms. The van der Waals surface area contributed by atoms with Gasteiger partial charge in [-0.3, -0.25) is 0 Å². The van der Waals surface area contributed by atoms with Gasteiger partial charge in [-0.1, -0.05) is 0 Å². The van der Waals surface area contributed by atoms with Crippen LogP contribution in [0.15, 0.2) is 0 Å². The van der Waals surface area contributed by atoms with Gasteiger partial charge in [0.1, 0.15) is 0 Å². The Morgan fingerprint density at radius 1 is 1.75 bits per heavy atom. The van der Waals surface area contributed by atoms with Crippen molar-refractivity contribution in [1.29, 1.82) is 0 Å². The minimum absolute atomic E-state index is 1.93. The van der Waals surface area contributed by atoms with E-state index in [1.807, 2.05) is 0 Å². The summed E-state index contributed by atoms with van der Waals surface area (Å²) in [6.45, 7) is -1.93. The largest absolute Gasteiger partial charge is 0.477 e. The molecule has 0 aromatic carbocycles. The van der Waals surface area contributed by atoms with E-state index >= 15 is 0 Å². The van der Waals surface area contributed by atoms with Crippen LogP contribution in [0.2, 0.25) is 0 Å². The molecule has 0 rings (SSSR count). The lowest BCUT2D eigenvalue weighted by Gasteiger charge is -2.05. The first kappa shape index (κ1) is 7.29. The second kappa shape index (κ2) is 2.04. The molecule has 0 radical (unpaired) electrons. The molecule has 1 unspecified atom stereocenters. The van der Waals surface area contributed by atoms with Gasteiger partial charge in [0.15, 0.2) is 6.67 Å². The Labute approximate surface area is 43.6 Å². The number of aliphatic hydroxyl groups is 1. The maximum atomic E-state index is 11.5. The van der Waals surface area contributed by atoms with Gasteiger partial charge >= 0.3 is 11.8 Å². The number of hydrogen-bond donors (Lipinski definition) is 2. The number of rotatable bonds is 2. The molecule has 0 spiro atoms. The van der Waals surface area contributed by atoms with E-state index in [2.05, 4.69) is 0 Å². The zero-order valence-electron chi connectivity index (χ0n) is 3.77. The molecule has 0 heterocycles. The summed E-state index contributed by atoms with van der Waals surface area (Å²) in [4.78, 5) is 9.39. The lowest BCUT2D eigenvalue weighted by atomic mass is 10.4. The fourth-order valence-electron chi connectivity index (χ4n) is 0.0572. The van der Waals surface area contributed by atoms with Crippen molar-refractivity contribution < 1.29 is 23.8 Å². The molecular formula is C3H4F2O3. The Hall–Kier alpha value is -0.710. The summed E-state index contributed by atoms with van der Waals surface area (Å²) >= 11 is 0. The Bertz CT molecular complexity index is 101. The van der Waals surface area contributed by atoms with Gasteiger partial charge in [-0.25, -0.2) is 9.18 Å². The first-order valence-electron chi connectivity index (χ1n) is 1.71. The smallest absolute Gasteiger partial charge is 0.372 e. The highest BCUT2D eigenvalue weighted by Crippen LogP contribution is 2.05. The van der Waals surface area contributed by atoms with Crippen molar-refractivity contribution in [1.82, 2.24) is 0 Å². The van der Waals surface area contributed by atoms with Crippen LogP contribution in [0, 0.1) is 0 Å². The van der Waals surface area contributed by atoms with Crippen molar-refractivity contribution in [2.24, 2.45) is 0 Å². The minimum Gasteiger partial charge on any atom is -0.477 e. The Kier molecular flexibility index (Phi) is 1.86. The molecule has 8 heavy (non-hydrogen) atoms. The summed E-state index contributed by atoms with van der Waals surface area (Å²) in [6, 6.07) is 0. The van der Waals surface area contributed by atoms with Crippen molar-refractivity contribution in [2.75, 3.05) is 6.67 Å². The van der Waals surface area contributed by atoms with E-state index in [0.29, 0.717) is 0 Å². The average molecular weight is 126 g/mol. The highest BCUT2D eigenvalue weighted by Gasteiger charge is 2.35. The summed E-state index contributed by atoms with van der Waals surface area (Å²) in [5.41, 5.74) is 0. The van der Waals surface area contributed by atoms with Crippen molar-refractivity contribution in [3.05, 3.63) is 0 Å². The molecule has 2 N–H and O–H groups in total. The van der Waals surface area contributed by atoms with Gasteiger partial charge in [0, 0.05) is 0 Å². The van der Waals surface area contributed by atoms with E-state index < -0.39 is 18.5 Å². The highest BCUT2D eigenvalue weighted by atomic mass is 19.2. The van der Waals surface area contributed by atoms with Gasteiger partial charge in [0.2, 0.25) is 0 Å². The first-order chi connectivity index (χ1) is 3.50. The summed E-state index contributed by atoms with van der Waals surface area (Å²) in [5, 5.41) is 15.3. The fourth-order valence-corrected chi connectivity index (χ4v) is 0.0572. The second-order valence-corrected chi connectivity index (χ2v) is 1.20. The zero-order valence-corrected chi connectivity index (χ0v) is 3.77. The topological polar surface area (TPSA) is 57.5 Å². The van der Waals surface area contributed by atoms with Gasteiger partial charge in [0.05, 0.1) is 0 Å². The Morgan fingerprint density at radius 3 is 2.12 bits per heavy atom. The van der Waals surface area contributed by atoms with Crippen molar-refractivity contribution in [3.63, 3.8) is 0 Å². The summed E-state index contributed by atoms with van der Waals surface area (Å²) in [5.74, 6) is -5.92. The highest BCUT2D eigenvalue weighted by molar-refractivity contribution is 5.75. The molecule has 0 aromatic rings. The van der Waals surface area contributed by atoms with Gasteiger partial charge in [-0.05, 0) is 0 Å². The van der Waals surface area contributed by atoms with E-state index in [1.165, 1.54) is 0 Å². The predicted octanol–water partition coefficient (Wildman–Crippen LogP) is -0.301. The summed E-state index contributed by atoms with van der Waals surface area (Å²) in [7, 11) is 0. The standard InChI is InChI=1S/C3H4F2O3/c4-1-3(5,8)2(6)7/h8H,1H2,(H,6,7). The van der Waals surface area contributed by atoms with Crippen LogP contribution in [0.4, 0.5) is 8.78 Å². The second-order valence-electron chi connectivity index (χ2n) is 1.20. The number of hydrogen-bond acceptors (Lipinski definition) is 2. The number of carboxylic acids is 1. The number of halogens is 2. The van der Waals surface area contributed by atoms with Crippen molar-refractivity contribution in [2.45, 2.75) is 5.85 Å². The van der Waals surface area contributed by atoms with Gasteiger partial charge in [0.25, 0.3) is 0 Å². The van der Waals surface area contributed by atoms with E-state index in [4.69, 9.17) is 10.2 Å². The van der Waals surface area contributed by atoms with Crippen LogP contribution in [0.25, 0.3) is 0 Å². The van der Waals surface area contributed by atoms with E-state index in [-0.39, 0.29) is 0 Å². The monoisotopic (exact) mass is 126 g/mol. The number of carbonyl (C=O) groups is 1. The number of alkyl halides is 2. The molecule has 48 valence electrons. The lowest BCUT2D eigenvalue weighted by Crippen LogP contribution is -2.35. The third-order valence-electron chi connectivity index (χ3n) is 0.505. The third kappa shape index (κ3) is 1.42. The van der Waals surface area contributed by atoms with Crippen LogP contribution >= 0.6 is 0 Å². The molecular weight excluding hydrogens is 122 g/mol. The maximum Gasteiger partial charge on any atom is 0.372 e. The van der Waals surface area contributed by atoms with Crippen LogP contribution < -0.4 is 0 Å². The van der Waals surface area contributed by atoms with Gasteiger partial charge < -0.3 is 10.2 Å². The molecule has 0 saturated heterocycles. The Morgan fingerprint density at radius 2 is 2.12 bits per heavy atom. The molecule has 0 aliphatic rings. The van der Waals surface area contributed by atoms with Crippen LogP contribution in [0.5, 0.6) is 0 Å². The van der Waals surface area contributed by atoms with Crippen LogP contribution in [-0.2, 0) is 4.79 Å². The summed E-state index contributed by atoms with van der Waals surface area (Å²) < 4.78 is 22.5. The predicted molar refractivity (Wildman–Crippen MR) is 19.7 cm³/mol. The molecule has 0 amide bonds. The number of aliphatic carboxylic acids is 1. The zero-order chi connectivity index (χ0) is 6.78. The van der Waals surface area contributed by atoms with Crippen LogP contribution in [0.1, 0.15) is 0 Å². The van der Waals surface area contributed by atoms with Crippen LogP contribution in [-0.4, -0.2) is 28.7 Å². The molecule has 0 aliphatic heterocycles. The maximum absolute atomic E-state index is 11.5. The molecule has 0 aromatic heterocycles. The molecule has 3 nitrogen and oxygen atoms in total. The van der Waals surface area contributed by atoms with Gasteiger partial charge in [-0.2, -0.15) is 4.39 Å². The van der Waals surface area contributed by atoms with Gasteiger partial charge in [-0.15, -0.1) is 0 Å². The Balaban J connectivity index is 3.91. The molecule has 1 atom stereocenters.